The van der Waals surface area contributed by atoms with Crippen LogP contribution in [0.15, 0.2) is 79.3 Å². The molecule has 0 bridgehead atoms. The van der Waals surface area contributed by atoms with E-state index in [9.17, 15) is 0 Å². The number of nitrogens with zero attached hydrogens (tertiary/aromatic N) is 4. The topological polar surface area (TPSA) is 57.7 Å². The van der Waals surface area contributed by atoms with Crippen molar-refractivity contribution in [3.05, 3.63) is 90.5 Å². The summed E-state index contributed by atoms with van der Waals surface area (Å²) in [4.78, 5) is 19.5. The molecule has 158 valence electrons. The average molecular weight is 420 g/mol. The number of fused-ring (bicyclic) bond motifs is 1. The minimum absolute atomic E-state index is 0.844. The molecule has 1 aromatic carbocycles. The van der Waals surface area contributed by atoms with Gasteiger partial charge in [0.05, 0.1) is 11.4 Å². The number of aromatic nitrogens is 4. The van der Waals surface area contributed by atoms with Gasteiger partial charge in [-0.1, -0.05) is 24.3 Å². The summed E-state index contributed by atoms with van der Waals surface area (Å²) in [7, 11) is 4.17. The summed E-state index contributed by atoms with van der Waals surface area (Å²) < 4.78 is 0. The second-order valence-corrected chi connectivity index (χ2v) is 8.36. The summed E-state index contributed by atoms with van der Waals surface area (Å²) in [5.41, 5.74) is 9.22. The van der Waals surface area contributed by atoms with Crippen LogP contribution >= 0.6 is 0 Å². The van der Waals surface area contributed by atoms with E-state index >= 15 is 0 Å². The molecule has 0 atom stereocenters. The molecular weight excluding hydrogens is 394 g/mol. The fourth-order valence-electron chi connectivity index (χ4n) is 4.05. The average Bonchev–Trinajstić information content (AvgIpc) is 3.27. The van der Waals surface area contributed by atoms with Crippen molar-refractivity contribution in [2.75, 3.05) is 14.1 Å². The van der Waals surface area contributed by atoms with Crippen LogP contribution in [0.5, 0.6) is 0 Å². The maximum absolute atomic E-state index is 4.81. The fourth-order valence-corrected chi connectivity index (χ4v) is 4.05. The van der Waals surface area contributed by atoms with Crippen LogP contribution in [-0.4, -0.2) is 38.9 Å². The number of rotatable bonds is 5. The van der Waals surface area contributed by atoms with Gasteiger partial charge in [0.1, 0.15) is 5.65 Å². The van der Waals surface area contributed by atoms with Gasteiger partial charge >= 0.3 is 0 Å². The Morgan fingerprint density at radius 3 is 2.50 bits per heavy atom. The van der Waals surface area contributed by atoms with Crippen molar-refractivity contribution in [3.8, 4) is 33.6 Å². The van der Waals surface area contributed by atoms with Gasteiger partial charge in [-0.3, -0.25) is 9.97 Å². The van der Waals surface area contributed by atoms with E-state index in [2.05, 4.69) is 76.4 Å². The lowest BCUT2D eigenvalue weighted by Gasteiger charge is -2.12. The summed E-state index contributed by atoms with van der Waals surface area (Å²) >= 11 is 0. The van der Waals surface area contributed by atoms with Crippen molar-refractivity contribution in [2.24, 2.45) is 0 Å². The molecule has 0 unspecified atom stereocenters. The van der Waals surface area contributed by atoms with Gasteiger partial charge < -0.3 is 9.88 Å². The van der Waals surface area contributed by atoms with Crippen molar-refractivity contribution in [1.29, 1.82) is 0 Å². The zero-order valence-corrected chi connectivity index (χ0v) is 18.5. The van der Waals surface area contributed by atoms with Crippen LogP contribution in [0.25, 0.3) is 44.7 Å². The smallest absolute Gasteiger partial charge is 0.138 e. The maximum Gasteiger partial charge on any atom is 0.138 e. The lowest BCUT2D eigenvalue weighted by atomic mass is 9.98. The van der Waals surface area contributed by atoms with Gasteiger partial charge in [0.15, 0.2) is 0 Å². The minimum atomic E-state index is 0.844. The van der Waals surface area contributed by atoms with E-state index < -0.39 is 0 Å². The molecule has 0 aliphatic carbocycles. The van der Waals surface area contributed by atoms with Gasteiger partial charge in [0.2, 0.25) is 0 Å². The highest BCUT2D eigenvalue weighted by molar-refractivity contribution is 5.95. The number of pyridine rings is 3. The van der Waals surface area contributed by atoms with E-state index in [1.165, 1.54) is 11.1 Å². The Morgan fingerprint density at radius 2 is 1.66 bits per heavy atom. The highest BCUT2D eigenvalue weighted by atomic mass is 15.0. The summed E-state index contributed by atoms with van der Waals surface area (Å²) in [5, 5.41) is 1.07. The molecule has 0 amide bonds. The van der Waals surface area contributed by atoms with Crippen molar-refractivity contribution in [2.45, 2.75) is 13.5 Å². The number of benzene rings is 1. The van der Waals surface area contributed by atoms with Crippen LogP contribution in [0, 0.1) is 6.92 Å². The third kappa shape index (κ3) is 4.03. The van der Waals surface area contributed by atoms with E-state index in [0.717, 1.165) is 51.4 Å². The van der Waals surface area contributed by atoms with E-state index in [1.807, 2.05) is 43.7 Å². The fraction of sp³-hybridized carbons (Fsp3) is 0.148. The molecule has 32 heavy (non-hydrogen) atoms. The third-order valence-electron chi connectivity index (χ3n) is 5.49. The van der Waals surface area contributed by atoms with Crippen molar-refractivity contribution in [1.82, 2.24) is 24.8 Å². The third-order valence-corrected chi connectivity index (χ3v) is 5.49. The lowest BCUT2D eigenvalue weighted by molar-refractivity contribution is 0.402. The van der Waals surface area contributed by atoms with Gasteiger partial charge in [-0.05, 0) is 74.1 Å². The molecule has 0 spiro atoms. The van der Waals surface area contributed by atoms with Crippen LogP contribution in [0.3, 0.4) is 0 Å². The molecule has 0 aliphatic heterocycles. The number of aryl methyl sites for hydroxylation is 1. The van der Waals surface area contributed by atoms with Crippen LogP contribution < -0.4 is 0 Å². The predicted octanol–water partition coefficient (Wildman–Crippen LogP) is 5.72. The Balaban J connectivity index is 1.62. The van der Waals surface area contributed by atoms with E-state index in [0.29, 0.717) is 0 Å². The molecule has 0 saturated carbocycles. The molecule has 4 aromatic heterocycles. The monoisotopic (exact) mass is 419 g/mol. The Morgan fingerprint density at radius 1 is 0.812 bits per heavy atom. The molecule has 5 aromatic rings. The summed E-state index contributed by atoms with van der Waals surface area (Å²) in [6, 6.07) is 21.0. The molecule has 0 saturated heterocycles. The van der Waals surface area contributed by atoms with Crippen LogP contribution in [0.4, 0.5) is 0 Å². The molecule has 0 aliphatic rings. The van der Waals surface area contributed by atoms with Crippen molar-refractivity contribution >= 4 is 11.0 Å². The van der Waals surface area contributed by atoms with E-state index in [4.69, 9.17) is 4.98 Å². The summed E-state index contributed by atoms with van der Waals surface area (Å²) in [6.07, 6.45) is 5.77. The standard InChI is InChI=1S/C27H25N5/c1-18-6-4-9-25(30-18)26-14-24(23-10-11-29-27(23)31-26)22-13-21(15-28-16-22)20-8-5-7-19(12-20)17-32(2)3/h4-16H,17H2,1-3H3,(H,29,31). The minimum Gasteiger partial charge on any atom is -0.346 e. The Labute approximate surface area is 187 Å². The molecule has 0 radical (unpaired) electrons. The quantitative estimate of drug-likeness (QED) is 0.396. The normalized spacial score (nSPS) is 11.4. The number of nitrogens with one attached hydrogen (secondary N) is 1. The number of hydrogen-bond acceptors (Lipinski definition) is 4. The first-order valence-corrected chi connectivity index (χ1v) is 10.7. The molecule has 1 N–H and O–H groups in total. The highest BCUT2D eigenvalue weighted by Crippen LogP contribution is 2.33. The first-order chi connectivity index (χ1) is 15.6. The van der Waals surface area contributed by atoms with Crippen molar-refractivity contribution < 1.29 is 0 Å². The van der Waals surface area contributed by atoms with E-state index in [-0.39, 0.29) is 0 Å². The Kier molecular flexibility index (Phi) is 5.25. The Bertz CT molecular complexity index is 1400. The van der Waals surface area contributed by atoms with Gasteiger partial charge in [-0.15, -0.1) is 0 Å². The SMILES string of the molecule is Cc1cccc(-c2cc(-c3cncc(-c4cccc(CN(C)C)c4)c3)c3cc[nH]c3n2)n1. The summed E-state index contributed by atoms with van der Waals surface area (Å²) in [5.74, 6) is 0. The van der Waals surface area contributed by atoms with Crippen LogP contribution in [-0.2, 0) is 6.54 Å². The van der Waals surface area contributed by atoms with Crippen LogP contribution in [0.2, 0.25) is 0 Å². The highest BCUT2D eigenvalue weighted by Gasteiger charge is 2.13. The maximum atomic E-state index is 4.81. The number of H-pyrrole nitrogens is 1. The molecule has 5 heteroatoms. The van der Waals surface area contributed by atoms with Gasteiger partial charge in [-0.25, -0.2) is 4.98 Å². The lowest BCUT2D eigenvalue weighted by Crippen LogP contribution is -2.10. The second kappa shape index (κ2) is 8.36. The molecule has 5 nitrogen and oxygen atoms in total. The zero-order chi connectivity index (χ0) is 22.1. The summed E-state index contributed by atoms with van der Waals surface area (Å²) in [6.45, 7) is 2.90. The first kappa shape index (κ1) is 20.1. The van der Waals surface area contributed by atoms with Gasteiger partial charge in [0.25, 0.3) is 0 Å². The van der Waals surface area contributed by atoms with Crippen LogP contribution in [0.1, 0.15) is 11.3 Å². The molecule has 5 rings (SSSR count). The first-order valence-electron chi connectivity index (χ1n) is 10.7. The second-order valence-electron chi connectivity index (χ2n) is 8.36. The molecule has 4 heterocycles. The number of hydrogen-bond donors (Lipinski definition) is 1. The Hall–Kier alpha value is -3.83. The zero-order valence-electron chi connectivity index (χ0n) is 18.5. The van der Waals surface area contributed by atoms with Crippen molar-refractivity contribution in [3.63, 3.8) is 0 Å². The molecular formula is C27H25N5. The van der Waals surface area contributed by atoms with Gasteiger partial charge in [0, 0.05) is 47.3 Å². The molecule has 0 fully saturated rings. The van der Waals surface area contributed by atoms with E-state index in [1.54, 1.807) is 0 Å². The van der Waals surface area contributed by atoms with Gasteiger partial charge in [-0.2, -0.15) is 0 Å². The number of aromatic amines is 1. The largest absolute Gasteiger partial charge is 0.346 e. The predicted molar refractivity (Wildman–Crippen MR) is 130 cm³/mol.